The summed E-state index contributed by atoms with van der Waals surface area (Å²) in [4.78, 5) is 42.3. The lowest BCUT2D eigenvalue weighted by Gasteiger charge is -2.08. The molecule has 2 N–H and O–H groups in total. The summed E-state index contributed by atoms with van der Waals surface area (Å²) in [6.07, 6.45) is 0.425. The van der Waals surface area contributed by atoms with E-state index in [4.69, 9.17) is 0 Å². The minimum Gasteiger partial charge on any atom is -0.465 e. The molecule has 0 fully saturated rings. The Morgan fingerprint density at radius 1 is 1.29 bits per heavy atom. The highest BCUT2D eigenvalue weighted by Gasteiger charge is 2.11. The number of amides is 1. The Morgan fingerprint density at radius 2 is 2.04 bits per heavy atom. The fourth-order valence-electron chi connectivity index (χ4n) is 2.35. The van der Waals surface area contributed by atoms with Gasteiger partial charge in [-0.15, -0.1) is 0 Å². The Bertz CT molecular complexity index is 827. The van der Waals surface area contributed by atoms with E-state index >= 15 is 0 Å². The summed E-state index contributed by atoms with van der Waals surface area (Å²) in [6, 6.07) is 6.47. The molecule has 1 heterocycles. The first-order valence-corrected chi connectivity index (χ1v) is 7.45. The van der Waals surface area contributed by atoms with Gasteiger partial charge in [-0.3, -0.25) is 9.59 Å². The summed E-state index contributed by atoms with van der Waals surface area (Å²) >= 11 is 0. The van der Waals surface area contributed by atoms with Crippen LogP contribution in [0.2, 0.25) is 0 Å². The van der Waals surface area contributed by atoms with Crippen molar-refractivity contribution in [2.24, 2.45) is 0 Å². The van der Waals surface area contributed by atoms with Gasteiger partial charge >= 0.3 is 5.97 Å². The molecule has 0 aliphatic rings. The van der Waals surface area contributed by atoms with E-state index in [1.165, 1.54) is 13.2 Å². The Morgan fingerprint density at radius 3 is 2.71 bits per heavy atom. The molecular formula is C17H19N3O4. The number of esters is 1. The average Bonchev–Trinajstić information content (AvgIpc) is 2.53. The Balaban J connectivity index is 2.02. The van der Waals surface area contributed by atoms with Gasteiger partial charge in [0.2, 0.25) is 5.91 Å². The third-order valence-electron chi connectivity index (χ3n) is 3.51. The van der Waals surface area contributed by atoms with E-state index in [-0.39, 0.29) is 24.3 Å². The molecule has 0 bridgehead atoms. The van der Waals surface area contributed by atoms with Gasteiger partial charge in [-0.25, -0.2) is 9.78 Å². The van der Waals surface area contributed by atoms with Crippen molar-refractivity contribution in [1.82, 2.24) is 9.97 Å². The van der Waals surface area contributed by atoms with Crippen molar-refractivity contribution in [3.05, 3.63) is 57.3 Å². The van der Waals surface area contributed by atoms with Crippen molar-refractivity contribution in [1.29, 1.82) is 0 Å². The largest absolute Gasteiger partial charge is 0.465 e. The molecule has 0 spiro atoms. The number of aromatic amines is 1. The second kappa shape index (κ2) is 7.54. The van der Waals surface area contributed by atoms with E-state index in [9.17, 15) is 14.4 Å². The summed E-state index contributed by atoms with van der Waals surface area (Å²) in [5, 5.41) is 2.70. The van der Waals surface area contributed by atoms with Crippen LogP contribution < -0.4 is 10.9 Å². The first-order chi connectivity index (χ1) is 11.4. The van der Waals surface area contributed by atoms with Crippen LogP contribution in [0.1, 0.15) is 33.9 Å². The molecule has 0 radical (unpaired) electrons. The quantitative estimate of drug-likeness (QED) is 0.814. The van der Waals surface area contributed by atoms with Crippen molar-refractivity contribution < 1.29 is 14.3 Å². The topological polar surface area (TPSA) is 101 Å². The van der Waals surface area contributed by atoms with Gasteiger partial charge in [-0.1, -0.05) is 6.07 Å². The molecular weight excluding hydrogens is 310 g/mol. The molecule has 0 saturated heterocycles. The minimum absolute atomic E-state index is 0.136. The number of hydrogen-bond donors (Lipinski definition) is 2. The molecule has 2 rings (SSSR count). The normalized spacial score (nSPS) is 10.3. The van der Waals surface area contributed by atoms with Crippen LogP contribution in [0, 0.1) is 13.8 Å². The summed E-state index contributed by atoms with van der Waals surface area (Å²) in [5.41, 5.74) is 1.75. The van der Waals surface area contributed by atoms with Crippen molar-refractivity contribution in [2.75, 3.05) is 12.4 Å². The third kappa shape index (κ3) is 4.28. The van der Waals surface area contributed by atoms with Crippen LogP contribution in [0.15, 0.2) is 29.1 Å². The summed E-state index contributed by atoms with van der Waals surface area (Å²) in [6.45, 7) is 3.45. The number of benzene rings is 1. The Labute approximate surface area is 139 Å². The number of nitrogens with zero attached hydrogens (tertiary/aromatic N) is 1. The van der Waals surface area contributed by atoms with Crippen LogP contribution in [0.5, 0.6) is 0 Å². The minimum atomic E-state index is -0.473. The summed E-state index contributed by atoms with van der Waals surface area (Å²) < 4.78 is 4.64. The molecule has 1 amide bonds. The first-order valence-electron chi connectivity index (χ1n) is 7.45. The zero-order chi connectivity index (χ0) is 17.7. The Kier molecular flexibility index (Phi) is 5.47. The van der Waals surface area contributed by atoms with E-state index in [1.54, 1.807) is 32.0 Å². The standard InChI is InChI=1S/C17H19N3O4/c1-10-14(16(22)19-11(2)18-10)7-8-15(21)20-13-6-4-5-12(9-13)17(23)24-3/h4-6,9H,7-8H2,1-3H3,(H,20,21)(H,18,19,22). The molecule has 0 saturated carbocycles. The monoisotopic (exact) mass is 329 g/mol. The van der Waals surface area contributed by atoms with Gasteiger partial charge in [0.25, 0.3) is 5.56 Å². The van der Waals surface area contributed by atoms with Crippen molar-refractivity contribution in [2.45, 2.75) is 26.7 Å². The number of carbonyl (C=O) groups excluding carboxylic acids is 2. The van der Waals surface area contributed by atoms with Gasteiger partial charge in [-0.2, -0.15) is 0 Å². The fourth-order valence-corrected chi connectivity index (χ4v) is 2.35. The van der Waals surface area contributed by atoms with E-state index in [1.807, 2.05) is 0 Å². The smallest absolute Gasteiger partial charge is 0.337 e. The van der Waals surface area contributed by atoms with E-state index in [2.05, 4.69) is 20.0 Å². The number of ether oxygens (including phenoxy) is 1. The first kappa shape index (κ1) is 17.4. The predicted molar refractivity (Wildman–Crippen MR) is 89.1 cm³/mol. The second-order valence-corrected chi connectivity index (χ2v) is 5.34. The molecule has 1 aromatic heterocycles. The van der Waals surface area contributed by atoms with Crippen molar-refractivity contribution in [3.63, 3.8) is 0 Å². The number of hydrogen-bond acceptors (Lipinski definition) is 5. The fraction of sp³-hybridized carbons (Fsp3) is 0.294. The van der Waals surface area contributed by atoms with Crippen molar-refractivity contribution >= 4 is 17.6 Å². The van der Waals surface area contributed by atoms with Crippen LogP contribution in [-0.2, 0) is 16.0 Å². The van der Waals surface area contributed by atoms with Crippen LogP contribution in [0.25, 0.3) is 0 Å². The maximum atomic E-state index is 12.1. The van der Waals surface area contributed by atoms with Gasteiger partial charge < -0.3 is 15.0 Å². The molecule has 0 unspecified atom stereocenters. The van der Waals surface area contributed by atoms with Crippen LogP contribution >= 0.6 is 0 Å². The van der Waals surface area contributed by atoms with Crippen LogP contribution in [0.3, 0.4) is 0 Å². The molecule has 0 atom stereocenters. The maximum absolute atomic E-state index is 12.1. The molecule has 24 heavy (non-hydrogen) atoms. The van der Waals surface area contributed by atoms with Crippen LogP contribution in [0.4, 0.5) is 5.69 Å². The highest BCUT2D eigenvalue weighted by molar-refractivity contribution is 5.94. The van der Waals surface area contributed by atoms with Gasteiger partial charge in [-0.05, 0) is 38.5 Å². The molecule has 7 heteroatoms. The average molecular weight is 329 g/mol. The zero-order valence-corrected chi connectivity index (χ0v) is 13.8. The summed E-state index contributed by atoms with van der Waals surface area (Å²) in [7, 11) is 1.29. The highest BCUT2D eigenvalue weighted by Crippen LogP contribution is 2.12. The molecule has 2 aromatic rings. The lowest BCUT2D eigenvalue weighted by atomic mass is 10.1. The zero-order valence-electron chi connectivity index (χ0n) is 13.8. The van der Waals surface area contributed by atoms with Crippen molar-refractivity contribution in [3.8, 4) is 0 Å². The molecule has 126 valence electrons. The van der Waals surface area contributed by atoms with Gasteiger partial charge in [0.05, 0.1) is 12.7 Å². The van der Waals surface area contributed by atoms with Gasteiger partial charge in [0.1, 0.15) is 5.82 Å². The molecule has 0 aliphatic carbocycles. The third-order valence-corrected chi connectivity index (χ3v) is 3.51. The lowest BCUT2D eigenvalue weighted by Crippen LogP contribution is -2.20. The molecule has 1 aromatic carbocycles. The number of anilines is 1. The molecule has 0 aliphatic heterocycles. The second-order valence-electron chi connectivity index (χ2n) is 5.34. The SMILES string of the molecule is COC(=O)c1cccc(NC(=O)CCc2c(C)nc(C)[nH]c2=O)c1. The van der Waals surface area contributed by atoms with E-state index < -0.39 is 5.97 Å². The number of aromatic nitrogens is 2. The number of methoxy groups -OCH3 is 1. The maximum Gasteiger partial charge on any atom is 0.337 e. The lowest BCUT2D eigenvalue weighted by molar-refractivity contribution is -0.116. The molecule has 7 nitrogen and oxygen atoms in total. The number of aryl methyl sites for hydroxylation is 2. The highest BCUT2D eigenvalue weighted by atomic mass is 16.5. The van der Waals surface area contributed by atoms with Crippen LogP contribution in [-0.4, -0.2) is 29.0 Å². The number of rotatable bonds is 5. The van der Waals surface area contributed by atoms with E-state index in [0.29, 0.717) is 28.3 Å². The number of nitrogens with one attached hydrogen (secondary N) is 2. The number of H-pyrrole nitrogens is 1. The van der Waals surface area contributed by atoms with Gasteiger partial charge in [0, 0.05) is 23.4 Å². The van der Waals surface area contributed by atoms with E-state index in [0.717, 1.165) is 0 Å². The predicted octanol–water partition coefficient (Wildman–Crippen LogP) is 1.74. The van der Waals surface area contributed by atoms with Gasteiger partial charge in [0.15, 0.2) is 0 Å². The number of carbonyl (C=O) groups is 2. The summed E-state index contributed by atoms with van der Waals surface area (Å²) in [5.74, 6) is -0.180. The Hall–Kier alpha value is -2.96.